The van der Waals surface area contributed by atoms with Crippen molar-refractivity contribution in [1.29, 1.82) is 0 Å². The second-order valence-electron chi connectivity index (χ2n) is 4.30. The van der Waals surface area contributed by atoms with Gasteiger partial charge >= 0.3 is 5.97 Å². The lowest BCUT2D eigenvalue weighted by Gasteiger charge is -2.07. The highest BCUT2D eigenvalue weighted by molar-refractivity contribution is 8.00. The Morgan fingerprint density at radius 3 is 3.00 bits per heavy atom. The fourth-order valence-corrected chi connectivity index (χ4v) is 2.83. The summed E-state index contributed by atoms with van der Waals surface area (Å²) in [5.41, 5.74) is 2.99. The van der Waals surface area contributed by atoms with E-state index in [1.807, 2.05) is 32.0 Å². The van der Waals surface area contributed by atoms with Crippen molar-refractivity contribution < 1.29 is 9.90 Å². The number of carboxylic acids is 1. The standard InChI is InChI=1S/C13H16N2O2S/c1-3-4-11(12(16)17)18-13-14-9-6-5-8(2)7-10(9)15-13/h5-7,11H,3-4H2,1-2H3,(H,14,15)(H,16,17). The molecular weight excluding hydrogens is 248 g/mol. The summed E-state index contributed by atoms with van der Waals surface area (Å²) in [4.78, 5) is 18.7. The Morgan fingerprint density at radius 2 is 2.33 bits per heavy atom. The number of nitrogens with zero attached hydrogens (tertiary/aromatic N) is 1. The highest BCUT2D eigenvalue weighted by atomic mass is 32.2. The van der Waals surface area contributed by atoms with E-state index < -0.39 is 11.2 Å². The maximum Gasteiger partial charge on any atom is 0.317 e. The summed E-state index contributed by atoms with van der Waals surface area (Å²) in [7, 11) is 0. The Bertz CT molecular complexity index is 565. The van der Waals surface area contributed by atoms with E-state index in [1.54, 1.807) is 0 Å². The molecule has 5 heteroatoms. The number of H-pyrrole nitrogens is 1. The largest absolute Gasteiger partial charge is 0.480 e. The SMILES string of the molecule is CCCC(Sc1nc2ccc(C)cc2[nH]1)C(=O)O. The van der Waals surface area contributed by atoms with Gasteiger partial charge in [-0.3, -0.25) is 4.79 Å². The van der Waals surface area contributed by atoms with E-state index in [-0.39, 0.29) is 0 Å². The number of aromatic amines is 1. The zero-order valence-electron chi connectivity index (χ0n) is 10.4. The number of imidazole rings is 1. The monoisotopic (exact) mass is 264 g/mol. The molecule has 0 amide bonds. The highest BCUT2D eigenvalue weighted by Crippen LogP contribution is 2.26. The summed E-state index contributed by atoms with van der Waals surface area (Å²) in [5, 5.41) is 9.37. The van der Waals surface area contributed by atoms with Crippen molar-refractivity contribution in [2.75, 3.05) is 0 Å². The van der Waals surface area contributed by atoms with Crippen LogP contribution in [0.15, 0.2) is 23.4 Å². The van der Waals surface area contributed by atoms with Gasteiger partial charge in [0, 0.05) is 0 Å². The Hall–Kier alpha value is -1.49. The first-order valence-corrected chi connectivity index (χ1v) is 6.84. The molecule has 0 fully saturated rings. The van der Waals surface area contributed by atoms with Crippen LogP contribution in [0.3, 0.4) is 0 Å². The third kappa shape index (κ3) is 2.85. The Labute approximate surface area is 110 Å². The van der Waals surface area contributed by atoms with Crippen molar-refractivity contribution in [3.8, 4) is 0 Å². The third-order valence-corrected chi connectivity index (χ3v) is 3.83. The van der Waals surface area contributed by atoms with Gasteiger partial charge in [-0.2, -0.15) is 0 Å². The lowest BCUT2D eigenvalue weighted by molar-refractivity contribution is -0.136. The average Bonchev–Trinajstić information content (AvgIpc) is 2.69. The Morgan fingerprint density at radius 1 is 1.56 bits per heavy atom. The molecule has 0 bridgehead atoms. The smallest absolute Gasteiger partial charge is 0.317 e. The van der Waals surface area contributed by atoms with Gasteiger partial charge in [0.15, 0.2) is 5.16 Å². The van der Waals surface area contributed by atoms with Crippen LogP contribution in [0.25, 0.3) is 11.0 Å². The van der Waals surface area contributed by atoms with Gasteiger partial charge in [0.1, 0.15) is 5.25 Å². The van der Waals surface area contributed by atoms with Crippen LogP contribution in [0.5, 0.6) is 0 Å². The molecule has 0 saturated heterocycles. The number of hydrogen-bond donors (Lipinski definition) is 2. The first-order chi connectivity index (χ1) is 8.60. The van der Waals surface area contributed by atoms with Crippen LogP contribution < -0.4 is 0 Å². The molecule has 0 aliphatic heterocycles. The van der Waals surface area contributed by atoms with Crippen molar-refractivity contribution in [3.63, 3.8) is 0 Å². The molecule has 1 unspecified atom stereocenters. The number of hydrogen-bond acceptors (Lipinski definition) is 3. The Balaban J connectivity index is 2.22. The molecule has 0 saturated carbocycles. The van der Waals surface area contributed by atoms with Crippen molar-refractivity contribution in [2.24, 2.45) is 0 Å². The second kappa shape index (κ2) is 5.44. The minimum Gasteiger partial charge on any atom is -0.480 e. The van der Waals surface area contributed by atoms with E-state index in [9.17, 15) is 4.79 Å². The second-order valence-corrected chi connectivity index (χ2v) is 5.49. The molecule has 0 spiro atoms. The van der Waals surface area contributed by atoms with E-state index in [1.165, 1.54) is 11.8 Å². The fraction of sp³-hybridized carbons (Fsp3) is 0.385. The van der Waals surface area contributed by atoms with Gasteiger partial charge < -0.3 is 10.1 Å². The summed E-state index contributed by atoms with van der Waals surface area (Å²) in [6, 6.07) is 5.96. The van der Waals surface area contributed by atoms with Crippen molar-refractivity contribution in [1.82, 2.24) is 9.97 Å². The summed E-state index contributed by atoms with van der Waals surface area (Å²) < 4.78 is 0. The third-order valence-electron chi connectivity index (χ3n) is 2.70. The van der Waals surface area contributed by atoms with E-state index >= 15 is 0 Å². The number of benzene rings is 1. The molecule has 1 aromatic heterocycles. The highest BCUT2D eigenvalue weighted by Gasteiger charge is 2.19. The van der Waals surface area contributed by atoms with Gasteiger partial charge in [-0.15, -0.1) is 0 Å². The van der Waals surface area contributed by atoms with Gasteiger partial charge in [0.25, 0.3) is 0 Å². The number of carbonyl (C=O) groups is 1. The van der Waals surface area contributed by atoms with Crippen molar-refractivity contribution >= 4 is 28.8 Å². The number of aromatic nitrogens is 2. The van der Waals surface area contributed by atoms with E-state index in [0.29, 0.717) is 11.6 Å². The first kappa shape index (κ1) is 13.0. The van der Waals surface area contributed by atoms with Crippen LogP contribution in [-0.2, 0) is 4.79 Å². The van der Waals surface area contributed by atoms with E-state index in [0.717, 1.165) is 23.0 Å². The molecule has 1 heterocycles. The number of aliphatic carboxylic acids is 1. The number of fused-ring (bicyclic) bond motifs is 1. The zero-order chi connectivity index (χ0) is 13.1. The summed E-state index contributed by atoms with van der Waals surface area (Å²) in [6.07, 6.45) is 1.50. The van der Waals surface area contributed by atoms with Crippen LogP contribution in [0.1, 0.15) is 25.3 Å². The molecule has 0 radical (unpaired) electrons. The minimum absolute atomic E-state index is 0.434. The van der Waals surface area contributed by atoms with Gasteiger partial charge in [0.05, 0.1) is 11.0 Å². The normalized spacial score (nSPS) is 12.8. The molecule has 1 aromatic carbocycles. The molecular formula is C13H16N2O2S. The van der Waals surface area contributed by atoms with Gasteiger partial charge in [-0.05, 0) is 31.0 Å². The quantitative estimate of drug-likeness (QED) is 0.814. The van der Waals surface area contributed by atoms with Gasteiger partial charge in [-0.25, -0.2) is 4.98 Å². The molecule has 0 aliphatic carbocycles. The predicted octanol–water partition coefficient (Wildman–Crippen LogP) is 3.22. The lowest BCUT2D eigenvalue weighted by atomic mass is 10.2. The average molecular weight is 264 g/mol. The van der Waals surface area contributed by atoms with Crippen LogP contribution in [0, 0.1) is 6.92 Å². The van der Waals surface area contributed by atoms with E-state index in [4.69, 9.17) is 5.11 Å². The van der Waals surface area contributed by atoms with Crippen LogP contribution in [0.4, 0.5) is 0 Å². The molecule has 2 rings (SSSR count). The summed E-state index contributed by atoms with van der Waals surface area (Å²) in [6.45, 7) is 4.00. The molecule has 96 valence electrons. The molecule has 2 N–H and O–H groups in total. The van der Waals surface area contributed by atoms with Crippen LogP contribution in [-0.4, -0.2) is 26.3 Å². The molecule has 4 nitrogen and oxygen atoms in total. The van der Waals surface area contributed by atoms with Gasteiger partial charge in [0.2, 0.25) is 0 Å². The maximum atomic E-state index is 11.1. The molecule has 1 atom stereocenters. The summed E-state index contributed by atoms with van der Waals surface area (Å²) in [5.74, 6) is -0.779. The molecule has 0 aliphatic rings. The fourth-order valence-electron chi connectivity index (χ4n) is 1.79. The maximum absolute atomic E-state index is 11.1. The van der Waals surface area contributed by atoms with Crippen molar-refractivity contribution in [3.05, 3.63) is 23.8 Å². The number of aryl methyl sites for hydroxylation is 1. The first-order valence-electron chi connectivity index (χ1n) is 5.96. The zero-order valence-corrected chi connectivity index (χ0v) is 11.3. The lowest BCUT2D eigenvalue weighted by Crippen LogP contribution is -2.15. The van der Waals surface area contributed by atoms with Crippen molar-refractivity contribution in [2.45, 2.75) is 37.1 Å². The molecule has 18 heavy (non-hydrogen) atoms. The number of rotatable bonds is 5. The topological polar surface area (TPSA) is 66.0 Å². The van der Waals surface area contributed by atoms with E-state index in [2.05, 4.69) is 9.97 Å². The minimum atomic E-state index is -0.779. The number of carboxylic acid groups (broad SMARTS) is 1. The van der Waals surface area contributed by atoms with Crippen LogP contribution in [0.2, 0.25) is 0 Å². The van der Waals surface area contributed by atoms with Gasteiger partial charge in [-0.1, -0.05) is 31.2 Å². The summed E-state index contributed by atoms with van der Waals surface area (Å²) >= 11 is 1.29. The predicted molar refractivity (Wildman–Crippen MR) is 73.0 cm³/mol. The Kier molecular flexibility index (Phi) is 3.91. The van der Waals surface area contributed by atoms with Crippen LogP contribution >= 0.6 is 11.8 Å². The number of nitrogens with one attached hydrogen (secondary N) is 1. The number of thioether (sulfide) groups is 1. The molecule has 2 aromatic rings.